The lowest BCUT2D eigenvalue weighted by Gasteiger charge is -2.08. The molecule has 4 heteroatoms. The van der Waals surface area contributed by atoms with Crippen molar-refractivity contribution in [3.05, 3.63) is 82.2 Å². The first kappa shape index (κ1) is 16.1. The Balaban J connectivity index is 1.78. The predicted octanol–water partition coefficient (Wildman–Crippen LogP) is 3.54. The number of carbonyl (C=O) groups is 1. The number of hydrogen-bond donors (Lipinski definition) is 0. The van der Waals surface area contributed by atoms with Gasteiger partial charge < -0.3 is 0 Å². The van der Waals surface area contributed by atoms with Gasteiger partial charge in [0.2, 0.25) is 0 Å². The van der Waals surface area contributed by atoms with Crippen molar-refractivity contribution >= 4 is 6.29 Å². The largest absolute Gasteiger partial charge is 0.296 e. The Morgan fingerprint density at radius 3 is 2.04 bits per heavy atom. The molecule has 122 valence electrons. The van der Waals surface area contributed by atoms with Crippen LogP contribution < -0.4 is 0 Å². The summed E-state index contributed by atoms with van der Waals surface area (Å²) in [6.45, 7) is 4.77. The Labute approximate surface area is 142 Å². The van der Waals surface area contributed by atoms with E-state index < -0.39 is 0 Å². The molecule has 0 radical (unpaired) electrons. The molecular weight excluding hydrogens is 298 g/mol. The first-order chi connectivity index (χ1) is 11.7. The third-order valence-corrected chi connectivity index (χ3v) is 4.20. The van der Waals surface area contributed by atoms with E-state index in [1.807, 2.05) is 4.68 Å². The smallest absolute Gasteiger partial charge is 0.172 e. The minimum Gasteiger partial charge on any atom is -0.296 e. The fourth-order valence-electron chi connectivity index (χ4n) is 2.71. The van der Waals surface area contributed by atoms with Gasteiger partial charge >= 0.3 is 0 Å². The average Bonchev–Trinajstić information content (AvgIpc) is 2.98. The lowest BCUT2D eigenvalue weighted by molar-refractivity contribution is 0.111. The molecule has 24 heavy (non-hydrogen) atoms. The number of nitrogens with zero attached hydrogens (tertiary/aromatic N) is 3. The van der Waals surface area contributed by atoms with Crippen LogP contribution in [-0.2, 0) is 19.4 Å². The van der Waals surface area contributed by atoms with Gasteiger partial charge in [0.25, 0.3) is 0 Å². The minimum atomic E-state index is 0.439. The van der Waals surface area contributed by atoms with Crippen LogP contribution in [0.4, 0.5) is 0 Å². The van der Waals surface area contributed by atoms with Gasteiger partial charge in [-0.2, -0.15) is 0 Å². The maximum atomic E-state index is 11.3. The van der Waals surface area contributed by atoms with E-state index in [-0.39, 0.29) is 0 Å². The Bertz CT molecular complexity index is 817. The number of aldehydes is 1. The predicted molar refractivity (Wildman–Crippen MR) is 94.3 cm³/mol. The summed E-state index contributed by atoms with van der Waals surface area (Å²) in [5.74, 6) is 0. The number of hydrogen-bond acceptors (Lipinski definition) is 3. The number of aryl methyl sites for hydroxylation is 3. The summed E-state index contributed by atoms with van der Waals surface area (Å²) in [4.78, 5) is 11.3. The number of rotatable bonds is 6. The fourth-order valence-corrected chi connectivity index (χ4v) is 2.71. The molecule has 0 saturated heterocycles. The van der Waals surface area contributed by atoms with Crippen LogP contribution in [0, 0.1) is 13.8 Å². The Hall–Kier alpha value is -2.75. The summed E-state index contributed by atoms with van der Waals surface area (Å²) in [5, 5.41) is 8.19. The lowest BCUT2D eigenvalue weighted by atomic mass is 10.1. The summed E-state index contributed by atoms with van der Waals surface area (Å²) in [7, 11) is 0. The summed E-state index contributed by atoms with van der Waals surface area (Å²) in [6, 6.07) is 16.8. The molecule has 0 aliphatic rings. The van der Waals surface area contributed by atoms with Gasteiger partial charge in [0.15, 0.2) is 6.29 Å². The van der Waals surface area contributed by atoms with Gasteiger partial charge in [0.1, 0.15) is 5.69 Å². The van der Waals surface area contributed by atoms with Crippen molar-refractivity contribution in [1.82, 2.24) is 15.0 Å². The molecule has 0 aliphatic heterocycles. The normalized spacial score (nSPS) is 10.8. The van der Waals surface area contributed by atoms with E-state index in [1.54, 1.807) is 0 Å². The van der Waals surface area contributed by atoms with E-state index in [4.69, 9.17) is 0 Å². The van der Waals surface area contributed by atoms with E-state index in [2.05, 4.69) is 72.7 Å². The van der Waals surface area contributed by atoms with Gasteiger partial charge in [-0.3, -0.25) is 4.79 Å². The molecule has 0 fully saturated rings. The van der Waals surface area contributed by atoms with Crippen LogP contribution in [0.3, 0.4) is 0 Å². The van der Waals surface area contributed by atoms with Crippen LogP contribution in [-0.4, -0.2) is 21.3 Å². The summed E-state index contributed by atoms with van der Waals surface area (Å²) in [5.41, 5.74) is 6.21. The molecule has 0 N–H and O–H groups in total. The molecule has 1 heterocycles. The molecule has 0 spiro atoms. The zero-order chi connectivity index (χ0) is 16.9. The van der Waals surface area contributed by atoms with E-state index in [0.717, 1.165) is 30.4 Å². The number of carbonyl (C=O) groups excluding carboxylic acids is 1. The highest BCUT2D eigenvalue weighted by Crippen LogP contribution is 2.13. The zero-order valence-electron chi connectivity index (χ0n) is 14.1. The Kier molecular flexibility index (Phi) is 4.85. The van der Waals surface area contributed by atoms with Crippen molar-refractivity contribution in [2.24, 2.45) is 0 Å². The molecule has 0 saturated carbocycles. The third kappa shape index (κ3) is 3.77. The number of aromatic nitrogens is 3. The molecule has 2 aromatic carbocycles. The van der Waals surface area contributed by atoms with Crippen molar-refractivity contribution in [3.63, 3.8) is 0 Å². The van der Waals surface area contributed by atoms with E-state index in [0.29, 0.717) is 12.2 Å². The third-order valence-electron chi connectivity index (χ3n) is 4.20. The lowest BCUT2D eigenvalue weighted by Crippen LogP contribution is -2.09. The van der Waals surface area contributed by atoms with Crippen LogP contribution >= 0.6 is 0 Å². The summed E-state index contributed by atoms with van der Waals surface area (Å²) >= 11 is 0. The van der Waals surface area contributed by atoms with Crippen molar-refractivity contribution < 1.29 is 4.79 Å². The second-order valence-electron chi connectivity index (χ2n) is 6.17. The van der Waals surface area contributed by atoms with Crippen LogP contribution in [0.5, 0.6) is 0 Å². The highest BCUT2D eigenvalue weighted by Gasteiger charge is 2.12. The molecule has 0 atom stereocenters. The van der Waals surface area contributed by atoms with Crippen LogP contribution in [0.2, 0.25) is 0 Å². The topological polar surface area (TPSA) is 47.8 Å². The van der Waals surface area contributed by atoms with Gasteiger partial charge in [0, 0.05) is 0 Å². The molecule has 1 aromatic heterocycles. The van der Waals surface area contributed by atoms with E-state index in [1.165, 1.54) is 16.7 Å². The van der Waals surface area contributed by atoms with Crippen LogP contribution in [0.25, 0.3) is 0 Å². The maximum Gasteiger partial charge on any atom is 0.172 e. The van der Waals surface area contributed by atoms with Gasteiger partial charge in [-0.15, -0.1) is 5.10 Å². The second kappa shape index (κ2) is 7.21. The van der Waals surface area contributed by atoms with Crippen molar-refractivity contribution in [2.75, 3.05) is 0 Å². The quantitative estimate of drug-likeness (QED) is 0.653. The standard InChI is InChI=1S/C20H21N3O/c1-15-3-7-17(8-4-15)11-12-20-19(14-24)21-22-23(20)13-18-9-5-16(2)6-10-18/h3-10,14H,11-13H2,1-2H3. The van der Waals surface area contributed by atoms with Crippen molar-refractivity contribution in [3.8, 4) is 0 Å². The number of benzene rings is 2. The summed E-state index contributed by atoms with van der Waals surface area (Å²) in [6.07, 6.45) is 2.40. The van der Waals surface area contributed by atoms with Gasteiger partial charge in [0.05, 0.1) is 12.2 Å². The van der Waals surface area contributed by atoms with E-state index in [9.17, 15) is 4.79 Å². The molecule has 3 aromatic rings. The maximum absolute atomic E-state index is 11.3. The molecular formula is C20H21N3O. The van der Waals surface area contributed by atoms with Gasteiger partial charge in [-0.05, 0) is 37.8 Å². The molecule has 0 bridgehead atoms. The first-order valence-electron chi connectivity index (χ1n) is 8.14. The summed E-state index contributed by atoms with van der Waals surface area (Å²) < 4.78 is 1.84. The molecule has 0 aliphatic carbocycles. The van der Waals surface area contributed by atoms with Crippen LogP contribution in [0.1, 0.15) is 38.4 Å². The average molecular weight is 319 g/mol. The minimum absolute atomic E-state index is 0.439. The second-order valence-corrected chi connectivity index (χ2v) is 6.17. The Morgan fingerprint density at radius 1 is 0.875 bits per heavy atom. The fraction of sp³-hybridized carbons (Fsp3) is 0.250. The monoisotopic (exact) mass is 319 g/mol. The SMILES string of the molecule is Cc1ccc(CCc2c(C=O)nnn2Cc2ccc(C)cc2)cc1. The van der Waals surface area contributed by atoms with Crippen molar-refractivity contribution in [2.45, 2.75) is 33.2 Å². The molecule has 0 unspecified atom stereocenters. The molecule has 3 rings (SSSR count). The van der Waals surface area contributed by atoms with Gasteiger partial charge in [-0.1, -0.05) is 64.9 Å². The van der Waals surface area contributed by atoms with Crippen molar-refractivity contribution in [1.29, 1.82) is 0 Å². The first-order valence-corrected chi connectivity index (χ1v) is 8.14. The molecule has 0 amide bonds. The highest BCUT2D eigenvalue weighted by molar-refractivity contribution is 5.73. The highest BCUT2D eigenvalue weighted by atomic mass is 16.1. The van der Waals surface area contributed by atoms with Crippen LogP contribution in [0.15, 0.2) is 48.5 Å². The van der Waals surface area contributed by atoms with E-state index >= 15 is 0 Å². The molecule has 4 nitrogen and oxygen atoms in total. The van der Waals surface area contributed by atoms with Gasteiger partial charge in [-0.25, -0.2) is 4.68 Å². The zero-order valence-corrected chi connectivity index (χ0v) is 14.1. The Morgan fingerprint density at radius 2 is 1.46 bits per heavy atom.